The van der Waals surface area contributed by atoms with Crippen molar-refractivity contribution in [2.45, 2.75) is 0 Å². The van der Waals surface area contributed by atoms with Gasteiger partial charge < -0.3 is 0 Å². The Morgan fingerprint density at radius 1 is 1.24 bits per heavy atom. The van der Waals surface area contributed by atoms with E-state index in [1.54, 1.807) is 0 Å². The van der Waals surface area contributed by atoms with Crippen molar-refractivity contribution >= 4 is 11.6 Å². The highest BCUT2D eigenvalue weighted by molar-refractivity contribution is 6.30. The average molecular weight is 260 g/mol. The molecule has 1 heterocycles. The molecule has 0 saturated carbocycles. The third-order valence-corrected chi connectivity index (χ3v) is 2.22. The van der Waals surface area contributed by atoms with Gasteiger partial charge in [0.1, 0.15) is 17.7 Å². The molecule has 17 heavy (non-hydrogen) atoms. The second-order valence-electron chi connectivity index (χ2n) is 3.07. The molecular formula is C9H4ClF2N3O2. The topological polar surface area (TPSA) is 67.8 Å². The van der Waals surface area contributed by atoms with E-state index in [0.717, 1.165) is 6.20 Å². The zero-order chi connectivity index (χ0) is 12.6. The number of aromatic amines is 1. The number of hydrogen-bond donors (Lipinski definition) is 1. The minimum Gasteiger partial charge on any atom is -0.271 e. The highest BCUT2D eigenvalue weighted by atomic mass is 35.5. The third-order valence-electron chi connectivity index (χ3n) is 1.93. The molecule has 1 aromatic carbocycles. The fourth-order valence-electron chi connectivity index (χ4n) is 1.20. The van der Waals surface area contributed by atoms with Gasteiger partial charge in [-0.3, -0.25) is 9.78 Å². The van der Waals surface area contributed by atoms with Crippen molar-refractivity contribution in [1.29, 1.82) is 0 Å². The first-order chi connectivity index (χ1) is 7.99. The van der Waals surface area contributed by atoms with Gasteiger partial charge in [-0.05, 0) is 6.07 Å². The number of hydrogen-bond acceptors (Lipinski definition) is 3. The molecule has 5 nitrogen and oxygen atoms in total. The van der Waals surface area contributed by atoms with Crippen LogP contribution in [0, 0.1) is 11.6 Å². The maximum atomic E-state index is 13.5. The Balaban J connectivity index is 2.73. The molecule has 0 fully saturated rings. The molecule has 0 spiro atoms. The fraction of sp³-hybridized carbons (Fsp3) is 0. The number of nitrogens with zero attached hydrogens (tertiary/aromatic N) is 2. The van der Waals surface area contributed by atoms with E-state index in [4.69, 9.17) is 11.6 Å². The van der Waals surface area contributed by atoms with Crippen molar-refractivity contribution in [3.05, 3.63) is 55.8 Å². The number of halogens is 3. The Morgan fingerprint density at radius 2 is 1.94 bits per heavy atom. The summed E-state index contributed by atoms with van der Waals surface area (Å²) in [4.78, 5) is 23.9. The van der Waals surface area contributed by atoms with E-state index in [-0.39, 0.29) is 0 Å². The van der Waals surface area contributed by atoms with Crippen LogP contribution >= 0.6 is 11.6 Å². The van der Waals surface area contributed by atoms with E-state index in [9.17, 15) is 18.4 Å². The van der Waals surface area contributed by atoms with Gasteiger partial charge in [0.2, 0.25) is 0 Å². The zero-order valence-corrected chi connectivity index (χ0v) is 8.83. The number of H-pyrrole nitrogens is 1. The highest BCUT2D eigenvalue weighted by Crippen LogP contribution is 2.20. The van der Waals surface area contributed by atoms with E-state index < -0.39 is 33.6 Å². The van der Waals surface area contributed by atoms with E-state index in [2.05, 4.69) is 5.10 Å². The lowest BCUT2D eigenvalue weighted by Gasteiger charge is -2.05. The molecule has 2 rings (SSSR count). The van der Waals surface area contributed by atoms with Gasteiger partial charge in [0.15, 0.2) is 5.82 Å². The first kappa shape index (κ1) is 11.5. The van der Waals surface area contributed by atoms with E-state index >= 15 is 0 Å². The van der Waals surface area contributed by atoms with Crippen LogP contribution in [0.15, 0.2) is 27.9 Å². The Hall–Kier alpha value is -2.02. The molecule has 0 aliphatic rings. The van der Waals surface area contributed by atoms with Crippen molar-refractivity contribution in [3.8, 4) is 5.69 Å². The van der Waals surface area contributed by atoms with Crippen LogP contribution in [0.2, 0.25) is 5.02 Å². The van der Waals surface area contributed by atoms with Gasteiger partial charge in [-0.1, -0.05) is 11.6 Å². The van der Waals surface area contributed by atoms with Crippen molar-refractivity contribution < 1.29 is 8.78 Å². The van der Waals surface area contributed by atoms with E-state index in [1.807, 2.05) is 4.98 Å². The summed E-state index contributed by atoms with van der Waals surface area (Å²) in [6.07, 6.45) is 0.771. The molecule has 0 amide bonds. The molecular weight excluding hydrogens is 256 g/mol. The van der Waals surface area contributed by atoms with Crippen LogP contribution < -0.4 is 11.2 Å². The molecule has 2 aromatic rings. The Morgan fingerprint density at radius 3 is 2.59 bits per heavy atom. The number of benzene rings is 1. The lowest BCUT2D eigenvalue weighted by atomic mass is 10.3. The second kappa shape index (κ2) is 4.10. The molecule has 0 unspecified atom stereocenters. The molecule has 1 N–H and O–H groups in total. The first-order valence-corrected chi connectivity index (χ1v) is 4.70. The maximum Gasteiger partial charge on any atom is 0.349 e. The number of rotatable bonds is 1. The molecule has 88 valence electrons. The van der Waals surface area contributed by atoms with Gasteiger partial charge in [0.25, 0.3) is 5.56 Å². The summed E-state index contributed by atoms with van der Waals surface area (Å²) in [5.74, 6) is -1.83. The van der Waals surface area contributed by atoms with E-state index in [1.165, 1.54) is 0 Å². The first-order valence-electron chi connectivity index (χ1n) is 4.32. The second-order valence-corrected chi connectivity index (χ2v) is 3.48. The van der Waals surface area contributed by atoms with Crippen molar-refractivity contribution in [2.24, 2.45) is 0 Å². The SMILES string of the molecule is O=c1cnn(-c2cc(F)c(Cl)cc2F)c(=O)[nH]1. The number of nitrogens with one attached hydrogen (secondary N) is 1. The highest BCUT2D eigenvalue weighted by Gasteiger charge is 2.12. The minimum absolute atomic E-state index is 0.413. The molecule has 8 heteroatoms. The Bertz CT molecular complexity index is 695. The molecule has 0 atom stereocenters. The van der Waals surface area contributed by atoms with Gasteiger partial charge in [-0.15, -0.1) is 0 Å². The normalized spacial score (nSPS) is 10.5. The van der Waals surface area contributed by atoms with Crippen LogP contribution in [0.1, 0.15) is 0 Å². The minimum atomic E-state index is -0.974. The summed E-state index contributed by atoms with van der Waals surface area (Å²) in [5, 5.41) is 2.98. The predicted molar refractivity (Wildman–Crippen MR) is 55.4 cm³/mol. The fourth-order valence-corrected chi connectivity index (χ4v) is 1.35. The third kappa shape index (κ3) is 2.09. The van der Waals surface area contributed by atoms with Crippen LogP contribution in [0.5, 0.6) is 0 Å². The van der Waals surface area contributed by atoms with E-state index in [0.29, 0.717) is 16.8 Å². The van der Waals surface area contributed by atoms with Crippen molar-refractivity contribution in [2.75, 3.05) is 0 Å². The number of aromatic nitrogens is 3. The smallest absolute Gasteiger partial charge is 0.271 e. The zero-order valence-electron chi connectivity index (χ0n) is 8.08. The lowest BCUT2D eigenvalue weighted by Crippen LogP contribution is -2.30. The molecule has 1 aromatic heterocycles. The molecule has 0 saturated heterocycles. The standard InChI is InChI=1S/C9H4ClF2N3O2/c10-4-1-6(12)7(2-5(4)11)15-9(17)14-8(16)3-13-15/h1-3H,(H,14,16,17). The van der Waals surface area contributed by atoms with Gasteiger partial charge >= 0.3 is 5.69 Å². The van der Waals surface area contributed by atoms with Crippen LogP contribution in [0.3, 0.4) is 0 Å². The quantitative estimate of drug-likeness (QED) is 0.772. The summed E-state index contributed by atoms with van der Waals surface area (Å²) >= 11 is 5.36. The molecule has 0 aliphatic heterocycles. The monoisotopic (exact) mass is 259 g/mol. The van der Waals surface area contributed by atoms with Gasteiger partial charge in [0.05, 0.1) is 5.02 Å². The summed E-state index contributed by atoms with van der Waals surface area (Å²) in [7, 11) is 0. The van der Waals surface area contributed by atoms with Gasteiger partial charge in [-0.2, -0.15) is 9.78 Å². The average Bonchev–Trinajstić information content (AvgIpc) is 2.24. The summed E-state index contributed by atoms with van der Waals surface area (Å²) < 4.78 is 27.1. The largest absolute Gasteiger partial charge is 0.349 e. The summed E-state index contributed by atoms with van der Waals surface area (Å²) in [6, 6.07) is 1.43. The molecule has 0 radical (unpaired) electrons. The Kier molecular flexibility index (Phi) is 2.76. The lowest BCUT2D eigenvalue weighted by molar-refractivity contribution is 0.579. The van der Waals surface area contributed by atoms with Crippen LogP contribution in [0.4, 0.5) is 8.78 Å². The Labute approximate surface area is 97.3 Å². The van der Waals surface area contributed by atoms with Crippen LogP contribution in [0.25, 0.3) is 5.69 Å². The van der Waals surface area contributed by atoms with Crippen LogP contribution in [-0.4, -0.2) is 14.8 Å². The molecule has 0 bridgehead atoms. The molecule has 0 aliphatic carbocycles. The van der Waals surface area contributed by atoms with Crippen LogP contribution in [-0.2, 0) is 0 Å². The summed E-state index contributed by atoms with van der Waals surface area (Å²) in [6.45, 7) is 0. The van der Waals surface area contributed by atoms with Gasteiger partial charge in [0, 0.05) is 6.07 Å². The maximum absolute atomic E-state index is 13.5. The predicted octanol–water partition coefficient (Wildman–Crippen LogP) is 0.852. The van der Waals surface area contributed by atoms with Crippen molar-refractivity contribution in [1.82, 2.24) is 14.8 Å². The van der Waals surface area contributed by atoms with Crippen molar-refractivity contribution in [3.63, 3.8) is 0 Å². The van der Waals surface area contributed by atoms with Gasteiger partial charge in [-0.25, -0.2) is 13.6 Å². The summed E-state index contributed by atoms with van der Waals surface area (Å²) in [5.41, 5.74) is -2.15.